The van der Waals surface area contributed by atoms with Crippen LogP contribution in [-0.2, 0) is 0 Å². The van der Waals surface area contributed by atoms with Crippen molar-refractivity contribution < 1.29 is 0 Å². The summed E-state index contributed by atoms with van der Waals surface area (Å²) in [4.78, 5) is 4.85. The molecule has 13 aromatic rings. The first kappa shape index (κ1) is 45.8. The summed E-state index contributed by atoms with van der Waals surface area (Å²) < 4.78 is 0. The largest absolute Gasteiger partial charge is 0.310 e. The van der Waals surface area contributed by atoms with Gasteiger partial charge in [-0.25, -0.2) is 0 Å². The van der Waals surface area contributed by atoms with Crippen LogP contribution in [-0.4, -0.2) is 0 Å². The van der Waals surface area contributed by atoms with Crippen molar-refractivity contribution in [2.24, 2.45) is 0 Å². The normalized spacial score (nSPS) is 11.2. The fourth-order valence-corrected chi connectivity index (χ4v) is 11.0. The zero-order valence-corrected chi connectivity index (χ0v) is 41.9. The Balaban J connectivity index is 1.07. The number of rotatable bonds is 12. The highest BCUT2D eigenvalue weighted by atomic mass is 15.1. The second-order valence-electron chi connectivity index (χ2n) is 19.3. The molecule has 0 radical (unpaired) electrons. The molecule has 0 atom stereocenters. The molecule has 13 aromatic carbocycles. The molecule has 0 heterocycles. The van der Waals surface area contributed by atoms with E-state index in [2.05, 4.69) is 325 Å². The molecule has 0 bridgehead atoms. The molecule has 0 amide bonds. The zero-order valence-electron chi connectivity index (χ0n) is 41.9. The topological polar surface area (TPSA) is 6.48 Å². The molecule has 0 spiro atoms. The molecule has 76 heavy (non-hydrogen) atoms. The first-order chi connectivity index (χ1) is 37.7. The third-order valence-corrected chi connectivity index (χ3v) is 14.5. The molecule has 2 heteroatoms. The number of benzene rings is 13. The van der Waals surface area contributed by atoms with Crippen LogP contribution >= 0.6 is 0 Å². The summed E-state index contributed by atoms with van der Waals surface area (Å²) in [6.45, 7) is 0. The van der Waals surface area contributed by atoms with Crippen molar-refractivity contribution in [1.29, 1.82) is 0 Å². The molecule has 0 saturated carbocycles. The predicted molar refractivity (Wildman–Crippen MR) is 323 cm³/mol. The first-order valence-electron chi connectivity index (χ1n) is 26.1. The molecule has 13 rings (SSSR count). The molecule has 0 aliphatic heterocycles. The highest BCUT2D eigenvalue weighted by Gasteiger charge is 2.23. The van der Waals surface area contributed by atoms with E-state index in [1.54, 1.807) is 0 Å². The highest BCUT2D eigenvalue weighted by Crippen LogP contribution is 2.49. The van der Waals surface area contributed by atoms with Gasteiger partial charge in [0.15, 0.2) is 0 Å². The van der Waals surface area contributed by atoms with E-state index in [0.29, 0.717) is 0 Å². The van der Waals surface area contributed by atoms with Crippen molar-refractivity contribution in [2.75, 3.05) is 9.80 Å². The Morgan fingerprint density at radius 1 is 0.145 bits per heavy atom. The van der Waals surface area contributed by atoms with Gasteiger partial charge in [0, 0.05) is 34.1 Å². The number of anilines is 6. The van der Waals surface area contributed by atoms with Gasteiger partial charge in [0.1, 0.15) is 0 Å². The van der Waals surface area contributed by atoms with Gasteiger partial charge < -0.3 is 9.80 Å². The van der Waals surface area contributed by atoms with E-state index in [1.165, 1.54) is 54.9 Å². The van der Waals surface area contributed by atoms with E-state index >= 15 is 0 Å². The highest BCUT2D eigenvalue weighted by molar-refractivity contribution is 6.22. The Morgan fingerprint density at radius 2 is 0.395 bits per heavy atom. The van der Waals surface area contributed by atoms with Gasteiger partial charge >= 0.3 is 0 Å². The fraction of sp³-hybridized carbons (Fsp3) is 0. The van der Waals surface area contributed by atoms with Crippen LogP contribution in [0.3, 0.4) is 0 Å². The van der Waals surface area contributed by atoms with E-state index in [4.69, 9.17) is 0 Å². The Bertz CT molecular complexity index is 3720. The Kier molecular flexibility index (Phi) is 12.3. The van der Waals surface area contributed by atoms with E-state index in [0.717, 1.165) is 67.5 Å². The van der Waals surface area contributed by atoms with Gasteiger partial charge in [-0.1, -0.05) is 231 Å². The number of fused-ring (bicyclic) bond motifs is 2. The molecule has 0 N–H and O–H groups in total. The van der Waals surface area contributed by atoms with Crippen LogP contribution in [0.5, 0.6) is 0 Å². The van der Waals surface area contributed by atoms with Gasteiger partial charge in [0.25, 0.3) is 0 Å². The minimum absolute atomic E-state index is 1.07. The number of hydrogen-bond acceptors (Lipinski definition) is 2. The van der Waals surface area contributed by atoms with Crippen molar-refractivity contribution in [1.82, 2.24) is 0 Å². The Hall–Kier alpha value is -10.0. The Labute approximate surface area is 445 Å². The number of nitrogens with zero attached hydrogens (tertiary/aromatic N) is 2. The summed E-state index contributed by atoms with van der Waals surface area (Å²) in [5.74, 6) is 0. The summed E-state index contributed by atoms with van der Waals surface area (Å²) in [7, 11) is 0. The second kappa shape index (κ2) is 20.5. The molecule has 0 aliphatic carbocycles. The minimum atomic E-state index is 1.07. The second-order valence-corrected chi connectivity index (χ2v) is 19.3. The Morgan fingerprint density at radius 3 is 0.671 bits per heavy atom. The van der Waals surface area contributed by atoms with Crippen LogP contribution in [0.15, 0.2) is 315 Å². The molecular formula is C74H52N2. The third-order valence-electron chi connectivity index (χ3n) is 14.5. The molecule has 358 valence electrons. The maximum atomic E-state index is 2.43. The number of para-hydroxylation sites is 2. The lowest BCUT2D eigenvalue weighted by atomic mass is 9.85. The average molecular weight is 969 g/mol. The summed E-state index contributed by atoms with van der Waals surface area (Å²) in [5.41, 5.74) is 20.5. The van der Waals surface area contributed by atoms with Crippen molar-refractivity contribution in [3.8, 4) is 66.8 Å². The van der Waals surface area contributed by atoms with Gasteiger partial charge in [0.05, 0.1) is 0 Å². The lowest BCUT2D eigenvalue weighted by Gasteiger charge is -2.29. The SMILES string of the molecule is c1ccc(-c2cc(-c3ccccc3)cc(N(c3ccccc3)c3ccc4c(-c5ccccc5)c5cc(N(c6ccccc6)c6cc(-c7ccccc7)cc(-c7ccccc7)c6)ccc5c(-c5ccccc5)c4c3)c2)cc1. The summed E-state index contributed by atoms with van der Waals surface area (Å²) >= 11 is 0. The average Bonchev–Trinajstić information content (AvgIpc) is 3.55. The number of hydrogen-bond donors (Lipinski definition) is 0. The van der Waals surface area contributed by atoms with Crippen molar-refractivity contribution in [3.63, 3.8) is 0 Å². The summed E-state index contributed by atoms with van der Waals surface area (Å²) in [5, 5.41) is 4.71. The van der Waals surface area contributed by atoms with Gasteiger partial charge in [-0.2, -0.15) is 0 Å². The molecule has 0 unspecified atom stereocenters. The molecule has 2 nitrogen and oxygen atoms in total. The molecule has 0 aromatic heterocycles. The van der Waals surface area contributed by atoms with Crippen LogP contribution in [0.2, 0.25) is 0 Å². The van der Waals surface area contributed by atoms with E-state index in [1.807, 2.05) is 0 Å². The molecule has 0 aliphatic rings. The minimum Gasteiger partial charge on any atom is -0.310 e. The van der Waals surface area contributed by atoms with Crippen LogP contribution < -0.4 is 9.80 Å². The maximum absolute atomic E-state index is 2.43. The van der Waals surface area contributed by atoms with Gasteiger partial charge in [-0.3, -0.25) is 0 Å². The first-order valence-corrected chi connectivity index (χ1v) is 26.1. The quantitative estimate of drug-likeness (QED) is 0.113. The van der Waals surface area contributed by atoms with Crippen LogP contribution in [0, 0.1) is 0 Å². The van der Waals surface area contributed by atoms with E-state index in [-0.39, 0.29) is 0 Å². The summed E-state index contributed by atoms with van der Waals surface area (Å²) in [6.07, 6.45) is 0. The maximum Gasteiger partial charge on any atom is 0.0473 e. The monoisotopic (exact) mass is 968 g/mol. The fourth-order valence-electron chi connectivity index (χ4n) is 11.0. The zero-order chi connectivity index (χ0) is 50.6. The van der Waals surface area contributed by atoms with E-state index < -0.39 is 0 Å². The smallest absolute Gasteiger partial charge is 0.0473 e. The lowest BCUT2D eigenvalue weighted by molar-refractivity contribution is 1.29. The van der Waals surface area contributed by atoms with Crippen LogP contribution in [0.25, 0.3) is 88.3 Å². The predicted octanol–water partition coefficient (Wildman–Crippen LogP) is 20.9. The standard InChI is InChI=1S/C74H52N2/c1-9-25-53(26-10-1)59-45-60(54-27-11-2-12-28-54)48-67(47-59)75(63-37-21-7-22-38-63)65-41-43-69-71(51-65)73(57-33-17-5-18-34-57)70-44-42-66(52-72(70)74(69)58-35-19-6-20-36-58)76(64-39-23-8-24-40-64)68-49-61(55-29-13-3-14-30-55)46-62(50-68)56-31-15-4-16-32-56/h1-52H. The molecule has 0 fully saturated rings. The molecule has 0 saturated heterocycles. The van der Waals surface area contributed by atoms with Crippen molar-refractivity contribution >= 4 is 55.7 Å². The molecular weight excluding hydrogens is 917 g/mol. The summed E-state index contributed by atoms with van der Waals surface area (Å²) in [6, 6.07) is 115. The van der Waals surface area contributed by atoms with Gasteiger partial charge in [0.2, 0.25) is 0 Å². The van der Waals surface area contributed by atoms with Crippen molar-refractivity contribution in [3.05, 3.63) is 315 Å². The van der Waals surface area contributed by atoms with Gasteiger partial charge in [-0.15, -0.1) is 0 Å². The van der Waals surface area contributed by atoms with Crippen LogP contribution in [0.1, 0.15) is 0 Å². The third kappa shape index (κ3) is 8.99. The van der Waals surface area contributed by atoms with Crippen LogP contribution in [0.4, 0.5) is 34.1 Å². The van der Waals surface area contributed by atoms with Gasteiger partial charge in [-0.05, 0) is 173 Å². The lowest BCUT2D eigenvalue weighted by Crippen LogP contribution is -2.11. The van der Waals surface area contributed by atoms with E-state index in [9.17, 15) is 0 Å². The van der Waals surface area contributed by atoms with Crippen molar-refractivity contribution in [2.45, 2.75) is 0 Å².